The molecule has 6 heteroatoms. The van der Waals surface area contributed by atoms with Crippen molar-refractivity contribution in [3.05, 3.63) is 17.0 Å². The van der Waals surface area contributed by atoms with Crippen molar-refractivity contribution < 1.29 is 13.5 Å². The van der Waals surface area contributed by atoms with Gasteiger partial charge in [-0.15, -0.1) is 11.3 Å². The first-order valence-electron chi connectivity index (χ1n) is 5.25. The number of aliphatic hydroxyl groups is 1. The summed E-state index contributed by atoms with van der Waals surface area (Å²) in [6.45, 7) is 3.63. The summed E-state index contributed by atoms with van der Waals surface area (Å²) in [4.78, 5) is 1.04. The maximum Gasteiger partial charge on any atom is 0.250 e. The van der Waals surface area contributed by atoms with Gasteiger partial charge in [-0.1, -0.05) is 13.8 Å². The number of sulfonamides is 1. The van der Waals surface area contributed by atoms with E-state index in [-0.39, 0.29) is 6.61 Å². The molecule has 0 aliphatic carbocycles. The van der Waals surface area contributed by atoms with E-state index in [0.717, 1.165) is 11.3 Å². The van der Waals surface area contributed by atoms with E-state index in [1.807, 2.05) is 19.9 Å². The first kappa shape index (κ1) is 13.6. The molecule has 1 unspecified atom stereocenters. The van der Waals surface area contributed by atoms with Crippen LogP contribution >= 0.6 is 11.3 Å². The third-order valence-electron chi connectivity index (χ3n) is 2.29. The fourth-order valence-corrected chi connectivity index (χ4v) is 3.84. The van der Waals surface area contributed by atoms with E-state index >= 15 is 0 Å². The Hall–Kier alpha value is -0.430. The zero-order valence-electron chi connectivity index (χ0n) is 9.43. The second kappa shape index (κ2) is 5.77. The summed E-state index contributed by atoms with van der Waals surface area (Å²) in [6, 6.07) is 3.02. The molecule has 0 spiro atoms. The zero-order chi connectivity index (χ0) is 12.2. The number of rotatable bonds is 6. The third kappa shape index (κ3) is 3.28. The minimum absolute atomic E-state index is 0.179. The van der Waals surface area contributed by atoms with Gasteiger partial charge in [-0.05, 0) is 25.0 Å². The fourth-order valence-electron chi connectivity index (χ4n) is 1.22. The van der Waals surface area contributed by atoms with Gasteiger partial charge < -0.3 is 5.11 Å². The Kier molecular flexibility index (Phi) is 4.91. The Morgan fingerprint density at radius 3 is 2.56 bits per heavy atom. The lowest BCUT2D eigenvalue weighted by Crippen LogP contribution is -2.36. The monoisotopic (exact) mass is 263 g/mol. The van der Waals surface area contributed by atoms with E-state index < -0.39 is 16.1 Å². The van der Waals surface area contributed by atoms with E-state index in [9.17, 15) is 8.42 Å². The Labute approximate surface area is 100 Å². The molecule has 1 aromatic rings. The molecule has 0 aliphatic heterocycles. The molecular weight excluding hydrogens is 246 g/mol. The Bertz CT molecular complexity index is 421. The number of hydrogen-bond donors (Lipinski definition) is 2. The highest BCUT2D eigenvalue weighted by Crippen LogP contribution is 2.22. The first-order valence-corrected chi connectivity index (χ1v) is 7.55. The van der Waals surface area contributed by atoms with Crippen LogP contribution in [0.5, 0.6) is 0 Å². The van der Waals surface area contributed by atoms with Crippen molar-refractivity contribution in [3.63, 3.8) is 0 Å². The van der Waals surface area contributed by atoms with Gasteiger partial charge in [0.15, 0.2) is 0 Å². The highest BCUT2D eigenvalue weighted by atomic mass is 32.2. The molecule has 2 N–H and O–H groups in total. The smallest absolute Gasteiger partial charge is 0.250 e. The molecule has 1 aromatic heterocycles. The van der Waals surface area contributed by atoms with Gasteiger partial charge in [0.2, 0.25) is 10.0 Å². The van der Waals surface area contributed by atoms with Gasteiger partial charge in [0, 0.05) is 10.9 Å². The van der Waals surface area contributed by atoms with Crippen LogP contribution in [0.1, 0.15) is 25.1 Å². The van der Waals surface area contributed by atoms with Crippen LogP contribution in [0.3, 0.4) is 0 Å². The topological polar surface area (TPSA) is 66.4 Å². The standard InChI is InChI=1S/C10H17NO3S2/c1-3-8(7-12)11-16(13,14)10-6-5-9(4-2)15-10/h5-6,8,11-12H,3-4,7H2,1-2H3. The average molecular weight is 263 g/mol. The summed E-state index contributed by atoms with van der Waals surface area (Å²) in [7, 11) is -3.46. The quantitative estimate of drug-likeness (QED) is 0.814. The van der Waals surface area contributed by atoms with Crippen LogP contribution in [0.15, 0.2) is 16.3 Å². The van der Waals surface area contributed by atoms with Gasteiger partial charge in [0.1, 0.15) is 4.21 Å². The maximum absolute atomic E-state index is 11.9. The zero-order valence-corrected chi connectivity index (χ0v) is 11.1. The van der Waals surface area contributed by atoms with Crippen LogP contribution in [-0.2, 0) is 16.4 Å². The maximum atomic E-state index is 11.9. The molecule has 0 aliphatic rings. The fraction of sp³-hybridized carbons (Fsp3) is 0.600. The highest BCUT2D eigenvalue weighted by Gasteiger charge is 2.20. The van der Waals surface area contributed by atoms with Crippen molar-refractivity contribution in [2.24, 2.45) is 0 Å². The van der Waals surface area contributed by atoms with E-state index in [1.165, 1.54) is 11.3 Å². The van der Waals surface area contributed by atoms with Crippen LogP contribution in [0.25, 0.3) is 0 Å². The van der Waals surface area contributed by atoms with Gasteiger partial charge in [0.05, 0.1) is 6.61 Å². The lowest BCUT2D eigenvalue weighted by Gasteiger charge is -2.12. The molecule has 0 radical (unpaired) electrons. The van der Waals surface area contributed by atoms with Crippen molar-refractivity contribution in [2.75, 3.05) is 6.61 Å². The highest BCUT2D eigenvalue weighted by molar-refractivity contribution is 7.91. The van der Waals surface area contributed by atoms with Gasteiger partial charge >= 0.3 is 0 Å². The largest absolute Gasteiger partial charge is 0.395 e. The molecule has 0 saturated carbocycles. The van der Waals surface area contributed by atoms with Crippen molar-refractivity contribution in [2.45, 2.75) is 36.9 Å². The van der Waals surface area contributed by atoms with Gasteiger partial charge in [0.25, 0.3) is 0 Å². The normalized spacial score (nSPS) is 13.9. The van der Waals surface area contributed by atoms with Crippen LogP contribution in [0, 0.1) is 0 Å². The molecule has 1 rings (SSSR count). The molecule has 0 amide bonds. The van der Waals surface area contributed by atoms with Gasteiger partial charge in [-0.3, -0.25) is 0 Å². The molecule has 0 fully saturated rings. The molecule has 4 nitrogen and oxygen atoms in total. The Morgan fingerprint density at radius 1 is 1.44 bits per heavy atom. The lowest BCUT2D eigenvalue weighted by atomic mass is 10.3. The SMILES string of the molecule is CCc1ccc(S(=O)(=O)NC(CC)CO)s1. The van der Waals surface area contributed by atoms with Crippen LogP contribution in [0.2, 0.25) is 0 Å². The van der Waals surface area contributed by atoms with Crippen molar-refractivity contribution in [3.8, 4) is 0 Å². The summed E-state index contributed by atoms with van der Waals surface area (Å²) < 4.78 is 26.6. The molecule has 16 heavy (non-hydrogen) atoms. The molecule has 0 bridgehead atoms. The number of hydrogen-bond acceptors (Lipinski definition) is 4. The van der Waals surface area contributed by atoms with Crippen LogP contribution < -0.4 is 4.72 Å². The molecule has 0 aromatic carbocycles. The lowest BCUT2D eigenvalue weighted by molar-refractivity contribution is 0.254. The third-order valence-corrected chi connectivity index (χ3v) is 5.53. The summed E-state index contributed by atoms with van der Waals surface area (Å²) in [5, 5.41) is 8.96. The van der Waals surface area contributed by atoms with E-state index in [2.05, 4.69) is 4.72 Å². The Morgan fingerprint density at radius 2 is 2.12 bits per heavy atom. The number of nitrogens with one attached hydrogen (secondary N) is 1. The summed E-state index contributed by atoms with van der Waals surface area (Å²) >= 11 is 1.27. The molecule has 1 atom stereocenters. The second-order valence-electron chi connectivity index (χ2n) is 3.48. The summed E-state index contributed by atoms with van der Waals surface area (Å²) in [5.41, 5.74) is 0. The summed E-state index contributed by atoms with van der Waals surface area (Å²) in [5.74, 6) is 0. The van der Waals surface area contributed by atoms with E-state index in [0.29, 0.717) is 10.6 Å². The summed E-state index contributed by atoms with van der Waals surface area (Å²) in [6.07, 6.45) is 1.40. The molecule has 92 valence electrons. The predicted octanol–water partition coefficient (Wildman–Crippen LogP) is 1.36. The first-order chi connectivity index (χ1) is 7.53. The second-order valence-corrected chi connectivity index (χ2v) is 6.59. The van der Waals surface area contributed by atoms with Crippen LogP contribution in [0.4, 0.5) is 0 Å². The van der Waals surface area contributed by atoms with Gasteiger partial charge in [-0.2, -0.15) is 0 Å². The van der Waals surface area contributed by atoms with Gasteiger partial charge in [-0.25, -0.2) is 13.1 Å². The Balaban J connectivity index is 2.85. The number of aryl methyl sites for hydroxylation is 1. The van der Waals surface area contributed by atoms with Crippen molar-refractivity contribution in [1.29, 1.82) is 0 Å². The molecular formula is C10H17NO3S2. The number of aliphatic hydroxyl groups excluding tert-OH is 1. The number of thiophene rings is 1. The minimum Gasteiger partial charge on any atom is -0.395 e. The van der Waals surface area contributed by atoms with E-state index in [4.69, 9.17) is 5.11 Å². The van der Waals surface area contributed by atoms with Crippen molar-refractivity contribution in [1.82, 2.24) is 4.72 Å². The molecule has 1 heterocycles. The molecule has 0 saturated heterocycles. The minimum atomic E-state index is -3.46. The van der Waals surface area contributed by atoms with Crippen molar-refractivity contribution >= 4 is 21.4 Å². The van der Waals surface area contributed by atoms with Crippen LogP contribution in [-0.4, -0.2) is 26.2 Å². The predicted molar refractivity (Wildman–Crippen MR) is 65.2 cm³/mol. The van der Waals surface area contributed by atoms with E-state index in [1.54, 1.807) is 6.07 Å². The average Bonchev–Trinajstić information content (AvgIpc) is 2.75.